The van der Waals surface area contributed by atoms with Gasteiger partial charge in [-0.1, -0.05) is 12.1 Å². The second-order valence-electron chi connectivity index (χ2n) is 4.76. The first kappa shape index (κ1) is 13.1. The van der Waals surface area contributed by atoms with E-state index in [0.717, 1.165) is 30.9 Å². The lowest BCUT2D eigenvalue weighted by atomic mass is 10.1. The van der Waals surface area contributed by atoms with Gasteiger partial charge in [0.1, 0.15) is 0 Å². The molecule has 2 aromatic rings. The van der Waals surface area contributed by atoms with Gasteiger partial charge in [-0.2, -0.15) is 0 Å². The molecule has 2 N–H and O–H groups in total. The van der Waals surface area contributed by atoms with Gasteiger partial charge in [-0.25, -0.2) is 9.78 Å². The number of esters is 1. The lowest BCUT2D eigenvalue weighted by Gasteiger charge is -2.15. The molecule has 0 radical (unpaired) electrons. The van der Waals surface area contributed by atoms with E-state index < -0.39 is 0 Å². The van der Waals surface area contributed by atoms with Crippen molar-refractivity contribution in [2.45, 2.75) is 19.6 Å². The molecule has 1 aliphatic heterocycles. The minimum Gasteiger partial charge on any atom is -0.465 e. The van der Waals surface area contributed by atoms with Crippen molar-refractivity contribution >= 4 is 22.4 Å². The van der Waals surface area contributed by atoms with E-state index in [0.29, 0.717) is 10.7 Å². The molecule has 5 nitrogen and oxygen atoms in total. The van der Waals surface area contributed by atoms with E-state index in [-0.39, 0.29) is 5.97 Å². The van der Waals surface area contributed by atoms with E-state index in [1.54, 1.807) is 17.4 Å². The number of nitrogens with zero attached hydrogens (tertiary/aromatic N) is 2. The van der Waals surface area contributed by atoms with Gasteiger partial charge in [0.05, 0.1) is 18.4 Å². The van der Waals surface area contributed by atoms with E-state index in [4.69, 9.17) is 10.5 Å². The van der Waals surface area contributed by atoms with Crippen molar-refractivity contribution < 1.29 is 9.53 Å². The number of aromatic nitrogens is 1. The van der Waals surface area contributed by atoms with Crippen molar-refractivity contribution in [1.82, 2.24) is 9.88 Å². The molecule has 1 aliphatic rings. The predicted molar refractivity (Wildman–Crippen MR) is 77.3 cm³/mol. The molecule has 0 saturated heterocycles. The molecule has 0 saturated carbocycles. The number of anilines is 1. The molecule has 0 amide bonds. The summed E-state index contributed by atoms with van der Waals surface area (Å²) < 4.78 is 4.74. The molecule has 6 heteroatoms. The van der Waals surface area contributed by atoms with Crippen LogP contribution in [0.4, 0.5) is 5.13 Å². The fraction of sp³-hybridized carbons (Fsp3) is 0.286. The second kappa shape index (κ2) is 5.22. The molecule has 0 fully saturated rings. The Hall–Kier alpha value is -1.92. The number of carbonyl (C=O) groups excluding carboxylic acids is 1. The minimum atomic E-state index is -0.304. The van der Waals surface area contributed by atoms with Crippen molar-refractivity contribution in [1.29, 1.82) is 0 Å². The molecular formula is C14H15N3O2S. The van der Waals surface area contributed by atoms with Crippen LogP contribution in [0.25, 0.3) is 0 Å². The summed E-state index contributed by atoms with van der Waals surface area (Å²) in [5.41, 5.74) is 8.45. The average Bonchev–Trinajstić information content (AvgIpc) is 2.94. The van der Waals surface area contributed by atoms with Crippen LogP contribution in [0.2, 0.25) is 0 Å². The minimum absolute atomic E-state index is 0.304. The SMILES string of the molecule is COC(=O)c1cccc(CN2Cc3nc(N)sc3C2)c1. The Kier molecular flexibility index (Phi) is 3.42. The number of benzene rings is 1. The number of rotatable bonds is 3. The molecule has 2 heterocycles. The fourth-order valence-electron chi connectivity index (χ4n) is 2.41. The molecule has 1 aromatic carbocycles. The number of methoxy groups -OCH3 is 1. The highest BCUT2D eigenvalue weighted by Crippen LogP contribution is 2.30. The van der Waals surface area contributed by atoms with Gasteiger partial charge in [-0.3, -0.25) is 4.90 Å². The molecule has 20 heavy (non-hydrogen) atoms. The summed E-state index contributed by atoms with van der Waals surface area (Å²) in [7, 11) is 1.39. The highest BCUT2D eigenvalue weighted by molar-refractivity contribution is 7.15. The fourth-order valence-corrected chi connectivity index (χ4v) is 3.29. The summed E-state index contributed by atoms with van der Waals surface area (Å²) in [4.78, 5) is 19.4. The van der Waals surface area contributed by atoms with Crippen molar-refractivity contribution in [2.24, 2.45) is 0 Å². The summed E-state index contributed by atoms with van der Waals surface area (Å²) in [6, 6.07) is 7.53. The predicted octanol–water partition coefficient (Wildman–Crippen LogP) is 2.03. The van der Waals surface area contributed by atoms with Gasteiger partial charge in [-0.05, 0) is 17.7 Å². The lowest BCUT2D eigenvalue weighted by molar-refractivity contribution is 0.0600. The molecule has 0 aliphatic carbocycles. The van der Waals surface area contributed by atoms with Gasteiger partial charge >= 0.3 is 5.97 Å². The zero-order chi connectivity index (χ0) is 14.1. The van der Waals surface area contributed by atoms with E-state index >= 15 is 0 Å². The summed E-state index contributed by atoms with van der Waals surface area (Å²) in [6.45, 7) is 2.46. The van der Waals surface area contributed by atoms with Crippen molar-refractivity contribution in [2.75, 3.05) is 12.8 Å². The molecule has 0 atom stereocenters. The number of fused-ring (bicyclic) bond motifs is 1. The van der Waals surface area contributed by atoms with Crippen LogP contribution in [0.3, 0.4) is 0 Å². The van der Waals surface area contributed by atoms with Gasteiger partial charge in [0, 0.05) is 24.5 Å². The zero-order valence-electron chi connectivity index (χ0n) is 11.1. The molecule has 3 rings (SSSR count). The Bertz CT molecular complexity index is 630. The van der Waals surface area contributed by atoms with Crippen LogP contribution in [0.1, 0.15) is 26.5 Å². The number of ether oxygens (including phenoxy) is 1. The van der Waals surface area contributed by atoms with Gasteiger partial charge in [0.25, 0.3) is 0 Å². The maximum atomic E-state index is 11.5. The van der Waals surface area contributed by atoms with Crippen LogP contribution in [-0.2, 0) is 24.4 Å². The van der Waals surface area contributed by atoms with Gasteiger partial charge in [0.15, 0.2) is 5.13 Å². The number of thiazole rings is 1. The first-order valence-electron chi connectivity index (χ1n) is 6.29. The Morgan fingerprint density at radius 2 is 2.35 bits per heavy atom. The number of hydrogen-bond donors (Lipinski definition) is 1. The topological polar surface area (TPSA) is 68.5 Å². The number of nitrogen functional groups attached to an aromatic ring is 1. The van der Waals surface area contributed by atoms with Crippen LogP contribution in [0.5, 0.6) is 0 Å². The van der Waals surface area contributed by atoms with Crippen LogP contribution < -0.4 is 5.73 Å². The Morgan fingerprint density at radius 1 is 1.50 bits per heavy atom. The van der Waals surface area contributed by atoms with Gasteiger partial charge < -0.3 is 10.5 Å². The lowest BCUT2D eigenvalue weighted by Crippen LogP contribution is -2.16. The monoisotopic (exact) mass is 289 g/mol. The van der Waals surface area contributed by atoms with Gasteiger partial charge in [0.2, 0.25) is 0 Å². The van der Waals surface area contributed by atoms with Crippen molar-refractivity contribution in [3.63, 3.8) is 0 Å². The van der Waals surface area contributed by atoms with Crippen molar-refractivity contribution in [3.8, 4) is 0 Å². The normalized spacial score (nSPS) is 14.2. The standard InChI is InChI=1S/C14H15N3O2S/c1-19-13(18)10-4-2-3-9(5-10)6-17-7-11-12(8-17)20-14(15)16-11/h2-5H,6-8H2,1H3,(H2,15,16). The molecule has 104 valence electrons. The quantitative estimate of drug-likeness (QED) is 0.876. The largest absolute Gasteiger partial charge is 0.465 e. The third kappa shape index (κ3) is 2.52. The Balaban J connectivity index is 1.70. The molecule has 0 spiro atoms. The third-order valence-corrected chi connectivity index (χ3v) is 4.20. The van der Waals surface area contributed by atoms with E-state index in [2.05, 4.69) is 9.88 Å². The highest BCUT2D eigenvalue weighted by Gasteiger charge is 2.23. The van der Waals surface area contributed by atoms with Crippen molar-refractivity contribution in [3.05, 3.63) is 46.0 Å². The van der Waals surface area contributed by atoms with E-state index in [1.165, 1.54) is 12.0 Å². The Labute approximate surface area is 121 Å². The Morgan fingerprint density at radius 3 is 3.10 bits per heavy atom. The first-order valence-corrected chi connectivity index (χ1v) is 7.11. The van der Waals surface area contributed by atoms with Crippen LogP contribution in [0.15, 0.2) is 24.3 Å². The summed E-state index contributed by atoms with van der Waals surface area (Å²) in [5.74, 6) is -0.304. The van der Waals surface area contributed by atoms with E-state index in [9.17, 15) is 4.79 Å². The summed E-state index contributed by atoms with van der Waals surface area (Å²) >= 11 is 1.55. The molecular weight excluding hydrogens is 274 g/mol. The number of hydrogen-bond acceptors (Lipinski definition) is 6. The van der Waals surface area contributed by atoms with Crippen LogP contribution in [0, 0.1) is 0 Å². The maximum Gasteiger partial charge on any atom is 0.337 e. The molecule has 1 aromatic heterocycles. The highest BCUT2D eigenvalue weighted by atomic mass is 32.1. The van der Waals surface area contributed by atoms with Crippen LogP contribution in [-0.4, -0.2) is 23.0 Å². The average molecular weight is 289 g/mol. The number of nitrogens with two attached hydrogens (primary N) is 1. The summed E-state index contributed by atoms with van der Waals surface area (Å²) in [5, 5.41) is 0.641. The number of carbonyl (C=O) groups is 1. The molecule has 0 unspecified atom stereocenters. The third-order valence-electron chi connectivity index (χ3n) is 3.29. The van der Waals surface area contributed by atoms with Gasteiger partial charge in [-0.15, -0.1) is 11.3 Å². The van der Waals surface area contributed by atoms with E-state index in [1.807, 2.05) is 18.2 Å². The van der Waals surface area contributed by atoms with Crippen LogP contribution >= 0.6 is 11.3 Å². The first-order chi connectivity index (χ1) is 9.65. The zero-order valence-corrected chi connectivity index (χ0v) is 11.9. The maximum absolute atomic E-state index is 11.5. The smallest absolute Gasteiger partial charge is 0.337 e. The molecule has 0 bridgehead atoms. The second-order valence-corrected chi connectivity index (χ2v) is 5.87. The summed E-state index contributed by atoms with van der Waals surface area (Å²) in [6.07, 6.45) is 0.